The number of hydrogen-bond donors (Lipinski definition) is 1. The minimum absolute atomic E-state index is 0.120. The molecule has 0 saturated carbocycles. The second-order valence-electron chi connectivity index (χ2n) is 10.3. The Morgan fingerprint density at radius 2 is 1.69 bits per heavy atom. The highest BCUT2D eigenvalue weighted by Crippen LogP contribution is 2.50. The van der Waals surface area contributed by atoms with Gasteiger partial charge in [0.1, 0.15) is 24.7 Å². The number of carboxylic acid groups (broad SMARTS) is 1. The van der Waals surface area contributed by atoms with E-state index in [9.17, 15) is 9.36 Å². The summed E-state index contributed by atoms with van der Waals surface area (Å²) in [7, 11) is -1.90. The van der Waals surface area contributed by atoms with Crippen LogP contribution in [-0.4, -0.2) is 46.2 Å². The van der Waals surface area contributed by atoms with Crippen LogP contribution in [-0.2, 0) is 26.8 Å². The molecular formula is C35H36N3O9P. The number of aryl methyl sites for hydroxylation is 1. The molecule has 0 aliphatic rings. The number of rotatable bonds is 16. The van der Waals surface area contributed by atoms with Crippen LogP contribution in [0.4, 0.5) is 0 Å². The van der Waals surface area contributed by atoms with E-state index >= 15 is 0 Å². The number of carbonyl (C=O) groups is 1. The number of carboxylic acids is 1. The number of oxazole rings is 1. The quantitative estimate of drug-likeness (QED) is 0.102. The van der Waals surface area contributed by atoms with Gasteiger partial charge in [0, 0.05) is 17.6 Å². The molecule has 12 nitrogen and oxygen atoms in total. The molecule has 0 spiro atoms. The summed E-state index contributed by atoms with van der Waals surface area (Å²) in [5.74, 6) is 2.67. The highest BCUT2D eigenvalue weighted by atomic mass is 31.2. The van der Waals surface area contributed by atoms with Gasteiger partial charge in [-0.25, -0.2) is 14.5 Å². The van der Waals surface area contributed by atoms with Crippen LogP contribution in [0, 0.1) is 6.92 Å². The first-order valence-electron chi connectivity index (χ1n) is 15.2. The average molecular weight is 674 g/mol. The Balaban J connectivity index is 1.30. The molecule has 0 saturated heterocycles. The lowest BCUT2D eigenvalue weighted by molar-refractivity contribution is 0.0696. The number of aromatic carboxylic acids is 1. The summed E-state index contributed by atoms with van der Waals surface area (Å²) in [5.41, 5.74) is 3.63. The maximum atomic E-state index is 13.1. The van der Waals surface area contributed by atoms with Gasteiger partial charge in [0.25, 0.3) is 0 Å². The van der Waals surface area contributed by atoms with E-state index in [2.05, 4.69) is 10.1 Å². The van der Waals surface area contributed by atoms with Crippen molar-refractivity contribution in [2.24, 2.45) is 0 Å². The predicted molar refractivity (Wildman–Crippen MR) is 179 cm³/mol. The van der Waals surface area contributed by atoms with E-state index in [1.54, 1.807) is 63.0 Å². The van der Waals surface area contributed by atoms with Crippen molar-refractivity contribution in [2.45, 2.75) is 34.0 Å². The lowest BCUT2D eigenvalue weighted by Crippen LogP contribution is -2.02. The minimum atomic E-state index is -3.45. The van der Waals surface area contributed by atoms with Crippen LogP contribution >= 0.6 is 7.60 Å². The zero-order valence-corrected chi connectivity index (χ0v) is 27.9. The Hall–Kier alpha value is -5.16. The van der Waals surface area contributed by atoms with Gasteiger partial charge in [0.05, 0.1) is 37.1 Å². The first kappa shape index (κ1) is 34.2. The van der Waals surface area contributed by atoms with E-state index in [0.29, 0.717) is 45.9 Å². The largest absolute Gasteiger partial charge is 0.493 e. The molecule has 2 aromatic heterocycles. The smallest absolute Gasteiger partial charge is 0.354 e. The molecular weight excluding hydrogens is 637 g/mol. The summed E-state index contributed by atoms with van der Waals surface area (Å²) in [4.78, 5) is 15.7. The van der Waals surface area contributed by atoms with Crippen LogP contribution in [0.1, 0.15) is 46.8 Å². The number of methoxy groups -OCH3 is 1. The Morgan fingerprint density at radius 3 is 2.35 bits per heavy atom. The van der Waals surface area contributed by atoms with Crippen molar-refractivity contribution in [1.82, 2.24) is 14.8 Å². The van der Waals surface area contributed by atoms with Gasteiger partial charge in [-0.15, -0.1) is 5.10 Å². The molecule has 0 radical (unpaired) electrons. The molecule has 0 amide bonds. The molecule has 0 fully saturated rings. The van der Waals surface area contributed by atoms with Gasteiger partial charge in [0.2, 0.25) is 11.8 Å². The van der Waals surface area contributed by atoms with Crippen molar-refractivity contribution in [2.75, 3.05) is 20.3 Å². The molecule has 48 heavy (non-hydrogen) atoms. The third kappa shape index (κ3) is 8.40. The van der Waals surface area contributed by atoms with Gasteiger partial charge < -0.3 is 32.8 Å². The number of para-hydroxylation sites is 1. The van der Waals surface area contributed by atoms with Gasteiger partial charge in [-0.3, -0.25) is 4.57 Å². The Kier molecular flexibility index (Phi) is 11.1. The molecule has 13 heteroatoms. The summed E-state index contributed by atoms with van der Waals surface area (Å²) < 4.78 is 49.2. The van der Waals surface area contributed by atoms with Crippen LogP contribution < -0.4 is 14.2 Å². The van der Waals surface area contributed by atoms with Crippen LogP contribution in [0.3, 0.4) is 0 Å². The molecule has 5 rings (SSSR count). The fourth-order valence-corrected chi connectivity index (χ4v) is 5.94. The third-order valence-corrected chi connectivity index (χ3v) is 8.77. The highest BCUT2D eigenvalue weighted by molar-refractivity contribution is 7.57. The zero-order chi connectivity index (χ0) is 34.1. The first-order chi connectivity index (χ1) is 23.2. The normalized spacial score (nSPS) is 11.6. The molecule has 5 aromatic rings. The van der Waals surface area contributed by atoms with Crippen molar-refractivity contribution in [1.29, 1.82) is 0 Å². The van der Waals surface area contributed by atoms with Crippen LogP contribution in [0.15, 0.2) is 89.2 Å². The standard InChI is InChI=1S/C35H36N3O9P/c1-5-45-48(41,46-6-2)19-18-28-21-38(29-10-8-7-9-11-29)37-34(28)44-22-25-12-17-31(32(20-25)42-4)43-23-30-24(3)47-33(36-30)26-13-15-27(16-14-26)35(39)40/h7-21H,5-6,22-23H2,1-4H3,(H,39,40). The molecule has 0 aliphatic heterocycles. The Morgan fingerprint density at radius 1 is 0.958 bits per heavy atom. The second kappa shape index (κ2) is 15.6. The number of ether oxygens (including phenoxy) is 3. The van der Waals surface area contributed by atoms with Gasteiger partial charge in [-0.05, 0) is 80.9 Å². The van der Waals surface area contributed by atoms with Crippen LogP contribution in [0.25, 0.3) is 23.2 Å². The monoisotopic (exact) mass is 673 g/mol. The molecule has 0 unspecified atom stereocenters. The van der Waals surface area contributed by atoms with Crippen molar-refractivity contribution in [3.63, 3.8) is 0 Å². The van der Waals surface area contributed by atoms with Gasteiger partial charge in [-0.2, -0.15) is 0 Å². The molecule has 1 N–H and O–H groups in total. The lowest BCUT2D eigenvalue weighted by atomic mass is 10.1. The summed E-state index contributed by atoms with van der Waals surface area (Å²) in [6, 6.07) is 21.3. The maximum Gasteiger partial charge on any atom is 0.354 e. The van der Waals surface area contributed by atoms with E-state index in [1.165, 1.54) is 17.9 Å². The average Bonchev–Trinajstić information content (AvgIpc) is 3.69. The number of nitrogens with zero attached hydrogens (tertiary/aromatic N) is 3. The highest BCUT2D eigenvalue weighted by Gasteiger charge is 2.21. The van der Waals surface area contributed by atoms with Gasteiger partial charge in [0.15, 0.2) is 11.5 Å². The van der Waals surface area contributed by atoms with Crippen molar-refractivity contribution in [3.05, 3.63) is 113 Å². The van der Waals surface area contributed by atoms with E-state index in [0.717, 1.165) is 11.3 Å². The van der Waals surface area contributed by atoms with Crippen LogP contribution in [0.2, 0.25) is 0 Å². The van der Waals surface area contributed by atoms with Crippen molar-refractivity contribution in [3.8, 4) is 34.5 Å². The lowest BCUT2D eigenvalue weighted by Gasteiger charge is -2.13. The Bertz CT molecular complexity index is 1910. The molecule has 0 bridgehead atoms. The minimum Gasteiger partial charge on any atom is -0.493 e. The maximum absolute atomic E-state index is 13.1. The van der Waals surface area contributed by atoms with Crippen molar-refractivity contribution < 1.29 is 42.1 Å². The number of hydrogen-bond acceptors (Lipinski definition) is 10. The van der Waals surface area contributed by atoms with E-state index < -0.39 is 13.6 Å². The predicted octanol–water partition coefficient (Wildman–Crippen LogP) is 7.94. The topological polar surface area (TPSA) is 144 Å². The fraction of sp³-hybridized carbons (Fsp3) is 0.229. The van der Waals surface area contributed by atoms with E-state index in [1.807, 2.05) is 42.5 Å². The molecule has 0 aliphatic carbocycles. The SMILES string of the molecule is CCOP(=O)(C=Cc1cn(-c2ccccc2)nc1OCc1ccc(OCc2nc(-c3ccc(C(=O)O)cc3)oc2C)c(OC)c1)OCC. The van der Waals surface area contributed by atoms with Gasteiger partial charge >= 0.3 is 13.6 Å². The fourth-order valence-electron chi connectivity index (χ4n) is 4.63. The summed E-state index contributed by atoms with van der Waals surface area (Å²) in [6.45, 7) is 6.04. The summed E-state index contributed by atoms with van der Waals surface area (Å²) >= 11 is 0. The number of aromatic nitrogens is 3. The summed E-state index contributed by atoms with van der Waals surface area (Å²) in [6.07, 6.45) is 3.41. The summed E-state index contributed by atoms with van der Waals surface area (Å²) in [5, 5.41) is 13.8. The zero-order valence-electron chi connectivity index (χ0n) is 27.0. The van der Waals surface area contributed by atoms with E-state index in [-0.39, 0.29) is 32.0 Å². The third-order valence-electron chi connectivity index (χ3n) is 7.02. The van der Waals surface area contributed by atoms with Gasteiger partial charge in [-0.1, -0.05) is 24.3 Å². The van der Waals surface area contributed by atoms with Crippen LogP contribution in [0.5, 0.6) is 17.4 Å². The molecule has 3 aromatic carbocycles. The first-order valence-corrected chi connectivity index (χ1v) is 16.8. The molecule has 250 valence electrons. The Labute approximate surface area is 278 Å². The van der Waals surface area contributed by atoms with Crippen molar-refractivity contribution >= 4 is 19.6 Å². The second-order valence-corrected chi connectivity index (χ2v) is 12.2. The van der Waals surface area contributed by atoms with E-state index in [4.69, 9.17) is 32.8 Å². The number of benzene rings is 3. The molecule has 0 atom stereocenters. The molecule has 2 heterocycles.